The molecule has 0 aromatic rings. The lowest BCUT2D eigenvalue weighted by Gasteiger charge is -2.34. The second-order valence-corrected chi connectivity index (χ2v) is 5.18. The van der Waals surface area contributed by atoms with E-state index in [1.54, 1.807) is 0 Å². The normalized spacial score (nSPS) is 21.6. The van der Waals surface area contributed by atoms with Gasteiger partial charge in [0.2, 0.25) is 0 Å². The number of nitrogens with zero attached hydrogens (tertiary/aromatic N) is 1. The summed E-state index contributed by atoms with van der Waals surface area (Å²) in [6.07, 6.45) is 3.01. The number of nitrogens with one attached hydrogen (secondary N) is 1. The minimum atomic E-state index is 0.363. The molecule has 1 heterocycles. The maximum absolute atomic E-state index is 5.59. The lowest BCUT2D eigenvalue weighted by molar-refractivity contribution is 0.0492. The van der Waals surface area contributed by atoms with Gasteiger partial charge in [-0.15, -0.1) is 0 Å². The van der Waals surface area contributed by atoms with Gasteiger partial charge in [0, 0.05) is 12.6 Å². The largest absolute Gasteiger partial charge is 0.377 e. The zero-order valence-corrected chi connectivity index (χ0v) is 11.3. The summed E-state index contributed by atoms with van der Waals surface area (Å²) in [5.41, 5.74) is 0. The molecule has 1 rings (SSSR count). The summed E-state index contributed by atoms with van der Waals surface area (Å²) in [6, 6.07) is 0.661. The van der Waals surface area contributed by atoms with E-state index >= 15 is 0 Å². The molecular weight excluding hydrogens is 200 g/mol. The smallest absolute Gasteiger partial charge is 0.0596 e. The Morgan fingerprint density at radius 2 is 1.88 bits per heavy atom. The van der Waals surface area contributed by atoms with Gasteiger partial charge in [-0.3, -0.25) is 0 Å². The molecule has 0 radical (unpaired) electrons. The van der Waals surface area contributed by atoms with Crippen LogP contribution in [0.3, 0.4) is 0 Å². The molecule has 1 N–H and O–H groups in total. The van der Waals surface area contributed by atoms with Crippen LogP contribution in [0.2, 0.25) is 0 Å². The van der Waals surface area contributed by atoms with E-state index in [9.17, 15) is 0 Å². The molecule has 1 atom stereocenters. The molecule has 1 fully saturated rings. The van der Waals surface area contributed by atoms with Crippen molar-refractivity contribution in [1.82, 2.24) is 10.2 Å². The number of rotatable bonds is 6. The lowest BCUT2D eigenvalue weighted by Crippen LogP contribution is -2.42. The van der Waals surface area contributed by atoms with E-state index in [0.29, 0.717) is 12.1 Å². The Balaban J connectivity index is 2.12. The van der Waals surface area contributed by atoms with Crippen molar-refractivity contribution in [3.05, 3.63) is 0 Å². The van der Waals surface area contributed by atoms with Crippen LogP contribution in [0.4, 0.5) is 0 Å². The quantitative estimate of drug-likeness (QED) is 0.749. The van der Waals surface area contributed by atoms with Gasteiger partial charge in [-0.25, -0.2) is 0 Å². The molecule has 0 aromatic heterocycles. The molecule has 0 aliphatic carbocycles. The molecule has 0 saturated carbocycles. The highest BCUT2D eigenvalue weighted by Gasteiger charge is 2.22. The van der Waals surface area contributed by atoms with Gasteiger partial charge in [-0.2, -0.15) is 0 Å². The number of hydrogen-bond acceptors (Lipinski definition) is 3. The van der Waals surface area contributed by atoms with Crippen molar-refractivity contribution in [3.63, 3.8) is 0 Å². The molecule has 1 saturated heterocycles. The SMILES string of the molecule is CNC(C)C1CCN(CCOC(C)C)CC1. The Morgan fingerprint density at radius 3 is 2.38 bits per heavy atom. The fraction of sp³-hybridized carbons (Fsp3) is 1.00. The highest BCUT2D eigenvalue weighted by atomic mass is 16.5. The number of likely N-dealkylation sites (tertiary alicyclic amines) is 1. The van der Waals surface area contributed by atoms with E-state index < -0.39 is 0 Å². The Hall–Kier alpha value is -0.120. The first-order valence-electron chi connectivity index (χ1n) is 6.64. The first-order valence-corrected chi connectivity index (χ1v) is 6.64. The standard InChI is InChI=1S/C13H28N2O/c1-11(2)16-10-9-15-7-5-13(6-8-15)12(3)14-4/h11-14H,5-10H2,1-4H3. The van der Waals surface area contributed by atoms with Gasteiger partial charge >= 0.3 is 0 Å². The first-order chi connectivity index (χ1) is 7.63. The third-order valence-corrected chi connectivity index (χ3v) is 3.65. The van der Waals surface area contributed by atoms with Crippen LogP contribution in [-0.4, -0.2) is 50.3 Å². The van der Waals surface area contributed by atoms with Crippen molar-refractivity contribution in [2.45, 2.75) is 45.8 Å². The average Bonchev–Trinajstić information content (AvgIpc) is 2.28. The van der Waals surface area contributed by atoms with E-state index in [-0.39, 0.29) is 0 Å². The summed E-state index contributed by atoms with van der Waals surface area (Å²) in [6.45, 7) is 10.9. The Labute approximate surface area is 101 Å². The zero-order valence-electron chi connectivity index (χ0n) is 11.3. The highest BCUT2D eigenvalue weighted by molar-refractivity contribution is 4.78. The second-order valence-electron chi connectivity index (χ2n) is 5.18. The van der Waals surface area contributed by atoms with Crippen LogP contribution in [-0.2, 0) is 4.74 Å². The maximum Gasteiger partial charge on any atom is 0.0596 e. The molecule has 1 aliphatic rings. The van der Waals surface area contributed by atoms with Gasteiger partial charge < -0.3 is 15.0 Å². The van der Waals surface area contributed by atoms with E-state index in [4.69, 9.17) is 4.74 Å². The number of hydrogen-bond donors (Lipinski definition) is 1. The van der Waals surface area contributed by atoms with Crippen molar-refractivity contribution in [1.29, 1.82) is 0 Å². The topological polar surface area (TPSA) is 24.5 Å². The van der Waals surface area contributed by atoms with E-state index in [0.717, 1.165) is 19.1 Å². The van der Waals surface area contributed by atoms with Crippen molar-refractivity contribution in [3.8, 4) is 0 Å². The monoisotopic (exact) mass is 228 g/mol. The predicted octanol–water partition coefficient (Wildman–Crippen LogP) is 1.73. The first kappa shape index (κ1) is 13.9. The minimum Gasteiger partial charge on any atom is -0.377 e. The summed E-state index contributed by atoms with van der Waals surface area (Å²) >= 11 is 0. The van der Waals surface area contributed by atoms with Crippen LogP contribution in [0.5, 0.6) is 0 Å². The van der Waals surface area contributed by atoms with Crippen LogP contribution in [0.1, 0.15) is 33.6 Å². The molecule has 0 bridgehead atoms. The van der Waals surface area contributed by atoms with Crippen LogP contribution in [0, 0.1) is 5.92 Å². The van der Waals surface area contributed by atoms with Crippen molar-refractivity contribution in [2.24, 2.45) is 5.92 Å². The van der Waals surface area contributed by atoms with Crippen LogP contribution in [0.15, 0.2) is 0 Å². The van der Waals surface area contributed by atoms with Gasteiger partial charge in [-0.05, 0) is 59.7 Å². The molecule has 16 heavy (non-hydrogen) atoms. The fourth-order valence-electron chi connectivity index (χ4n) is 2.33. The molecule has 1 unspecified atom stereocenters. The van der Waals surface area contributed by atoms with E-state index in [2.05, 4.69) is 38.0 Å². The molecular formula is C13H28N2O. The van der Waals surface area contributed by atoms with Crippen LogP contribution < -0.4 is 5.32 Å². The molecule has 3 heteroatoms. The van der Waals surface area contributed by atoms with Crippen LogP contribution in [0.25, 0.3) is 0 Å². The minimum absolute atomic E-state index is 0.363. The Kier molecular flexibility index (Phi) is 6.32. The zero-order chi connectivity index (χ0) is 12.0. The van der Waals surface area contributed by atoms with Crippen LogP contribution >= 0.6 is 0 Å². The molecule has 1 aliphatic heterocycles. The van der Waals surface area contributed by atoms with E-state index in [1.165, 1.54) is 25.9 Å². The van der Waals surface area contributed by atoms with Gasteiger partial charge in [0.1, 0.15) is 0 Å². The van der Waals surface area contributed by atoms with Gasteiger partial charge in [0.05, 0.1) is 12.7 Å². The third-order valence-electron chi connectivity index (χ3n) is 3.65. The van der Waals surface area contributed by atoms with Gasteiger partial charge in [-0.1, -0.05) is 0 Å². The van der Waals surface area contributed by atoms with Crippen molar-refractivity contribution in [2.75, 3.05) is 33.3 Å². The summed E-state index contributed by atoms with van der Waals surface area (Å²) in [4.78, 5) is 2.53. The molecule has 0 aromatic carbocycles. The summed E-state index contributed by atoms with van der Waals surface area (Å²) in [5.74, 6) is 0.854. The Morgan fingerprint density at radius 1 is 1.25 bits per heavy atom. The third kappa shape index (κ3) is 4.81. The van der Waals surface area contributed by atoms with Crippen molar-refractivity contribution < 1.29 is 4.74 Å². The van der Waals surface area contributed by atoms with Gasteiger partial charge in [0.15, 0.2) is 0 Å². The van der Waals surface area contributed by atoms with Gasteiger partial charge in [0.25, 0.3) is 0 Å². The highest BCUT2D eigenvalue weighted by Crippen LogP contribution is 2.20. The number of ether oxygens (including phenoxy) is 1. The predicted molar refractivity (Wildman–Crippen MR) is 68.8 cm³/mol. The Bertz CT molecular complexity index is 177. The average molecular weight is 228 g/mol. The molecule has 96 valence electrons. The summed E-state index contributed by atoms with van der Waals surface area (Å²) in [5, 5.41) is 3.36. The van der Waals surface area contributed by atoms with E-state index in [1.807, 2.05) is 0 Å². The summed E-state index contributed by atoms with van der Waals surface area (Å²) < 4.78 is 5.59. The molecule has 0 amide bonds. The lowest BCUT2D eigenvalue weighted by atomic mass is 9.90. The molecule has 3 nitrogen and oxygen atoms in total. The fourth-order valence-corrected chi connectivity index (χ4v) is 2.33. The van der Waals surface area contributed by atoms with Crippen molar-refractivity contribution >= 4 is 0 Å². The summed E-state index contributed by atoms with van der Waals surface area (Å²) in [7, 11) is 2.06. The maximum atomic E-state index is 5.59. The number of piperidine rings is 1. The molecule has 0 spiro atoms. The second kappa shape index (κ2) is 7.25.